The molecule has 0 saturated carbocycles. The molecular formula is C12H15N3O4. The van der Waals surface area contributed by atoms with Gasteiger partial charge < -0.3 is 15.8 Å². The zero-order valence-electron chi connectivity index (χ0n) is 10.7. The van der Waals surface area contributed by atoms with Crippen LogP contribution in [0.25, 0.3) is 0 Å². The molecule has 0 unspecified atom stereocenters. The molecule has 1 aromatic carbocycles. The molecule has 7 heteroatoms. The summed E-state index contributed by atoms with van der Waals surface area (Å²) in [6, 6.07) is 4.04. The van der Waals surface area contributed by atoms with Gasteiger partial charge >= 0.3 is 5.97 Å². The predicted molar refractivity (Wildman–Crippen MR) is 71.5 cm³/mol. The van der Waals surface area contributed by atoms with Crippen LogP contribution in [0.15, 0.2) is 30.0 Å². The van der Waals surface area contributed by atoms with Crippen molar-refractivity contribution in [1.29, 1.82) is 0 Å². The first-order chi connectivity index (χ1) is 8.93. The van der Waals surface area contributed by atoms with Crippen molar-refractivity contribution in [3.63, 3.8) is 0 Å². The first kappa shape index (κ1) is 14.5. The minimum Gasteiger partial charge on any atom is -0.463 e. The zero-order valence-corrected chi connectivity index (χ0v) is 10.7. The van der Waals surface area contributed by atoms with Crippen LogP contribution in [0.5, 0.6) is 0 Å². The van der Waals surface area contributed by atoms with E-state index in [9.17, 15) is 14.9 Å². The number of carbonyl (C=O) groups excluding carboxylic acids is 1. The van der Waals surface area contributed by atoms with Gasteiger partial charge in [-0.15, -0.1) is 0 Å². The van der Waals surface area contributed by atoms with Gasteiger partial charge in [0.1, 0.15) is 0 Å². The summed E-state index contributed by atoms with van der Waals surface area (Å²) in [5.41, 5.74) is 6.81. The van der Waals surface area contributed by atoms with E-state index in [1.54, 1.807) is 13.8 Å². The van der Waals surface area contributed by atoms with Gasteiger partial charge in [0.15, 0.2) is 0 Å². The lowest BCUT2D eigenvalue weighted by atomic mass is 10.2. The smallest absolute Gasteiger partial charge is 0.332 e. The van der Waals surface area contributed by atoms with Crippen LogP contribution in [-0.2, 0) is 9.53 Å². The van der Waals surface area contributed by atoms with Gasteiger partial charge in [-0.3, -0.25) is 10.1 Å². The first-order valence-electron chi connectivity index (χ1n) is 5.60. The van der Waals surface area contributed by atoms with Crippen LogP contribution in [-0.4, -0.2) is 17.5 Å². The van der Waals surface area contributed by atoms with Crippen molar-refractivity contribution >= 4 is 23.0 Å². The van der Waals surface area contributed by atoms with Gasteiger partial charge in [-0.25, -0.2) is 4.79 Å². The number of esters is 1. The summed E-state index contributed by atoms with van der Waals surface area (Å²) in [7, 11) is 0. The standard InChI is InChI=1S/C12H15N3O4/c1-3-19-12(16)6-8(2)14-11-7-9(15(17)18)4-5-10(11)13/h4-7,14H,3,13H2,1-2H3. The molecule has 1 aromatic rings. The van der Waals surface area contributed by atoms with E-state index in [-0.39, 0.29) is 12.3 Å². The molecule has 0 atom stereocenters. The summed E-state index contributed by atoms with van der Waals surface area (Å²) in [6.07, 6.45) is 1.25. The number of ether oxygens (including phenoxy) is 1. The summed E-state index contributed by atoms with van der Waals surface area (Å²) in [5.74, 6) is -0.489. The molecule has 19 heavy (non-hydrogen) atoms. The van der Waals surface area contributed by atoms with Crippen LogP contribution in [0.2, 0.25) is 0 Å². The van der Waals surface area contributed by atoms with Crippen LogP contribution < -0.4 is 11.1 Å². The molecule has 0 aliphatic heterocycles. The fraction of sp³-hybridized carbons (Fsp3) is 0.250. The molecule has 0 radical (unpaired) electrons. The van der Waals surface area contributed by atoms with E-state index in [4.69, 9.17) is 10.5 Å². The highest BCUT2D eigenvalue weighted by Crippen LogP contribution is 2.25. The molecule has 0 fully saturated rings. The average Bonchev–Trinajstić information content (AvgIpc) is 2.31. The van der Waals surface area contributed by atoms with E-state index in [2.05, 4.69) is 5.32 Å². The lowest BCUT2D eigenvalue weighted by molar-refractivity contribution is -0.384. The van der Waals surface area contributed by atoms with E-state index >= 15 is 0 Å². The van der Waals surface area contributed by atoms with E-state index in [1.165, 1.54) is 24.3 Å². The second kappa shape index (κ2) is 6.39. The topological polar surface area (TPSA) is 107 Å². The van der Waals surface area contributed by atoms with Crippen molar-refractivity contribution in [3.8, 4) is 0 Å². The largest absolute Gasteiger partial charge is 0.463 e. The average molecular weight is 265 g/mol. The fourth-order valence-electron chi connectivity index (χ4n) is 1.38. The number of non-ortho nitro benzene ring substituents is 1. The Balaban J connectivity index is 2.89. The molecule has 0 amide bonds. The number of nitrogen functional groups attached to an aromatic ring is 1. The predicted octanol–water partition coefficient (Wildman–Crippen LogP) is 2.06. The van der Waals surface area contributed by atoms with Crippen molar-refractivity contribution in [2.75, 3.05) is 17.7 Å². The number of carbonyl (C=O) groups is 1. The second-order valence-corrected chi connectivity index (χ2v) is 3.73. The van der Waals surface area contributed by atoms with Gasteiger partial charge in [-0.05, 0) is 19.9 Å². The highest BCUT2D eigenvalue weighted by Gasteiger charge is 2.09. The lowest BCUT2D eigenvalue weighted by Gasteiger charge is -2.09. The Morgan fingerprint density at radius 1 is 1.58 bits per heavy atom. The van der Waals surface area contributed by atoms with Crippen molar-refractivity contribution in [2.24, 2.45) is 0 Å². The summed E-state index contributed by atoms with van der Waals surface area (Å²) < 4.78 is 4.75. The Hall–Kier alpha value is -2.57. The molecule has 1 rings (SSSR count). The third kappa shape index (κ3) is 4.30. The quantitative estimate of drug-likeness (QED) is 0.277. The molecule has 0 aliphatic carbocycles. The number of hydrogen-bond donors (Lipinski definition) is 2. The van der Waals surface area contributed by atoms with Crippen molar-refractivity contribution in [1.82, 2.24) is 0 Å². The number of allylic oxidation sites excluding steroid dienone is 1. The Bertz CT molecular complexity index is 526. The van der Waals surface area contributed by atoms with Crippen LogP contribution in [0.1, 0.15) is 13.8 Å². The number of nitro benzene ring substituents is 1. The molecule has 0 aromatic heterocycles. The Morgan fingerprint density at radius 2 is 2.26 bits per heavy atom. The molecule has 0 aliphatic rings. The third-order valence-corrected chi connectivity index (χ3v) is 2.20. The third-order valence-electron chi connectivity index (χ3n) is 2.20. The monoisotopic (exact) mass is 265 g/mol. The van der Waals surface area contributed by atoms with Gasteiger partial charge in [0.05, 0.1) is 22.9 Å². The van der Waals surface area contributed by atoms with Gasteiger partial charge in [0, 0.05) is 23.9 Å². The highest BCUT2D eigenvalue weighted by molar-refractivity contribution is 5.84. The van der Waals surface area contributed by atoms with Gasteiger partial charge in [0.25, 0.3) is 5.69 Å². The molecule has 0 bridgehead atoms. The van der Waals surface area contributed by atoms with Crippen molar-refractivity contribution in [2.45, 2.75) is 13.8 Å². The molecule has 0 saturated heterocycles. The van der Waals surface area contributed by atoms with Crippen LogP contribution in [0.4, 0.5) is 17.1 Å². The molecule has 0 heterocycles. The SMILES string of the molecule is CCOC(=O)C=C(C)Nc1cc([N+](=O)[O-])ccc1N. The minimum absolute atomic E-state index is 0.0827. The maximum Gasteiger partial charge on any atom is 0.332 e. The number of nitrogens with zero attached hydrogens (tertiary/aromatic N) is 1. The number of nitrogens with one attached hydrogen (secondary N) is 1. The number of nitrogens with two attached hydrogens (primary N) is 1. The number of hydrogen-bond acceptors (Lipinski definition) is 6. The Morgan fingerprint density at radius 3 is 2.84 bits per heavy atom. The molecule has 7 nitrogen and oxygen atoms in total. The van der Waals surface area contributed by atoms with Gasteiger partial charge in [-0.2, -0.15) is 0 Å². The maximum absolute atomic E-state index is 11.2. The molecule has 0 spiro atoms. The van der Waals surface area contributed by atoms with Crippen LogP contribution in [0.3, 0.4) is 0 Å². The van der Waals surface area contributed by atoms with Gasteiger partial charge in [-0.1, -0.05) is 0 Å². The summed E-state index contributed by atoms with van der Waals surface area (Å²) in [5, 5.41) is 13.5. The Kier molecular flexibility index (Phi) is 4.87. The van der Waals surface area contributed by atoms with Crippen molar-refractivity contribution < 1.29 is 14.5 Å². The summed E-state index contributed by atoms with van der Waals surface area (Å²) >= 11 is 0. The van der Waals surface area contributed by atoms with E-state index in [0.717, 1.165) is 0 Å². The molecule has 3 N–H and O–H groups in total. The van der Waals surface area contributed by atoms with E-state index in [0.29, 0.717) is 17.1 Å². The number of rotatable bonds is 5. The van der Waals surface area contributed by atoms with Crippen LogP contribution >= 0.6 is 0 Å². The fourth-order valence-corrected chi connectivity index (χ4v) is 1.38. The number of benzene rings is 1. The Labute approximate surface area is 110 Å². The molecular weight excluding hydrogens is 250 g/mol. The van der Waals surface area contributed by atoms with Gasteiger partial charge in [0.2, 0.25) is 0 Å². The normalized spacial score (nSPS) is 10.9. The van der Waals surface area contributed by atoms with Crippen molar-refractivity contribution in [3.05, 3.63) is 40.1 Å². The number of anilines is 2. The van der Waals surface area contributed by atoms with E-state index in [1.807, 2.05) is 0 Å². The maximum atomic E-state index is 11.2. The zero-order chi connectivity index (χ0) is 14.4. The summed E-state index contributed by atoms with van der Waals surface area (Å²) in [4.78, 5) is 21.4. The summed E-state index contributed by atoms with van der Waals surface area (Å²) in [6.45, 7) is 3.61. The first-order valence-corrected chi connectivity index (χ1v) is 5.60. The van der Waals surface area contributed by atoms with E-state index < -0.39 is 10.9 Å². The lowest BCUT2D eigenvalue weighted by Crippen LogP contribution is -2.05. The second-order valence-electron chi connectivity index (χ2n) is 3.73. The number of nitro groups is 1. The van der Waals surface area contributed by atoms with Crippen LogP contribution in [0, 0.1) is 10.1 Å². The molecule has 102 valence electrons. The minimum atomic E-state index is -0.519. The highest BCUT2D eigenvalue weighted by atomic mass is 16.6.